The smallest absolute Gasteiger partial charge is 0.326 e. The van der Waals surface area contributed by atoms with Gasteiger partial charge in [0.15, 0.2) is 5.13 Å². The molecule has 1 aromatic rings. The summed E-state index contributed by atoms with van der Waals surface area (Å²) in [5, 5.41) is 11.3. The predicted molar refractivity (Wildman–Crippen MR) is 69.8 cm³/mol. The Balaban J connectivity index is 1.87. The van der Waals surface area contributed by atoms with Crippen LogP contribution in [0.1, 0.15) is 29.8 Å². The van der Waals surface area contributed by atoms with Crippen molar-refractivity contribution >= 4 is 28.3 Å². The zero-order valence-corrected chi connectivity index (χ0v) is 11.1. The van der Waals surface area contributed by atoms with Gasteiger partial charge in [-0.1, -0.05) is 6.42 Å². The van der Waals surface area contributed by atoms with Gasteiger partial charge in [0.2, 0.25) is 0 Å². The van der Waals surface area contributed by atoms with E-state index < -0.39 is 12.0 Å². The number of hydrogen-bond donors (Lipinski definition) is 2. The summed E-state index contributed by atoms with van der Waals surface area (Å²) in [7, 11) is 0. The van der Waals surface area contributed by atoms with Crippen molar-refractivity contribution in [3.8, 4) is 0 Å². The van der Waals surface area contributed by atoms with Crippen LogP contribution in [-0.2, 0) is 4.79 Å². The first-order valence-electron chi connectivity index (χ1n) is 6.32. The molecule has 0 aromatic carbocycles. The Labute approximate surface area is 114 Å². The van der Waals surface area contributed by atoms with E-state index in [1.165, 1.54) is 16.2 Å². The van der Waals surface area contributed by atoms with Crippen LogP contribution < -0.4 is 5.73 Å². The Kier molecular flexibility index (Phi) is 2.93. The highest BCUT2D eigenvalue weighted by Gasteiger charge is 2.49. The number of aliphatic carboxylic acids is 1. The van der Waals surface area contributed by atoms with Crippen LogP contribution in [0.25, 0.3) is 0 Å². The second-order valence-corrected chi connectivity index (χ2v) is 6.06. The molecule has 102 valence electrons. The molecule has 3 unspecified atom stereocenters. The fourth-order valence-corrected chi connectivity index (χ4v) is 3.90. The number of thiazole rings is 1. The van der Waals surface area contributed by atoms with Gasteiger partial charge in [-0.3, -0.25) is 4.79 Å². The zero-order valence-electron chi connectivity index (χ0n) is 10.3. The molecule has 1 saturated carbocycles. The molecule has 3 atom stereocenters. The third-order valence-electron chi connectivity index (χ3n) is 4.15. The SMILES string of the molecule is Nc1nc(C(=O)N2CC3CCCC3C2C(=O)O)cs1. The van der Waals surface area contributed by atoms with Crippen LogP contribution in [0.4, 0.5) is 5.13 Å². The Hall–Kier alpha value is -1.63. The highest BCUT2D eigenvalue weighted by molar-refractivity contribution is 7.13. The van der Waals surface area contributed by atoms with Gasteiger partial charge in [0, 0.05) is 11.9 Å². The van der Waals surface area contributed by atoms with E-state index in [1.807, 2.05) is 0 Å². The molecule has 6 nitrogen and oxygen atoms in total. The normalized spacial score (nSPS) is 29.5. The number of carbonyl (C=O) groups is 2. The Bertz CT molecular complexity index is 530. The Morgan fingerprint density at radius 3 is 2.89 bits per heavy atom. The van der Waals surface area contributed by atoms with E-state index in [0.717, 1.165) is 19.3 Å². The summed E-state index contributed by atoms with van der Waals surface area (Å²) in [6.45, 7) is 0.526. The number of nitrogen functional groups attached to an aromatic ring is 1. The maximum Gasteiger partial charge on any atom is 0.326 e. The molecular formula is C12H15N3O3S. The monoisotopic (exact) mass is 281 g/mol. The maximum absolute atomic E-state index is 12.4. The lowest BCUT2D eigenvalue weighted by Crippen LogP contribution is -2.43. The summed E-state index contributed by atoms with van der Waals surface area (Å²) in [6, 6.07) is -0.706. The van der Waals surface area contributed by atoms with Crippen molar-refractivity contribution in [1.29, 1.82) is 0 Å². The maximum atomic E-state index is 12.4. The van der Waals surface area contributed by atoms with Gasteiger partial charge in [0.1, 0.15) is 11.7 Å². The van der Waals surface area contributed by atoms with Crippen molar-refractivity contribution in [2.75, 3.05) is 12.3 Å². The number of rotatable bonds is 2. The van der Waals surface area contributed by atoms with Crippen LogP contribution in [0.5, 0.6) is 0 Å². The first-order chi connectivity index (χ1) is 9.08. The number of nitrogens with two attached hydrogens (primary N) is 1. The van der Waals surface area contributed by atoms with E-state index in [1.54, 1.807) is 5.38 Å². The number of nitrogens with zero attached hydrogens (tertiary/aromatic N) is 2. The fourth-order valence-electron chi connectivity index (χ4n) is 3.36. The molecular weight excluding hydrogens is 266 g/mol. The second-order valence-electron chi connectivity index (χ2n) is 5.17. The third-order valence-corrected chi connectivity index (χ3v) is 4.82. The summed E-state index contributed by atoms with van der Waals surface area (Å²) >= 11 is 1.19. The largest absolute Gasteiger partial charge is 0.480 e. The first-order valence-corrected chi connectivity index (χ1v) is 7.20. The Morgan fingerprint density at radius 1 is 1.47 bits per heavy atom. The molecule has 0 spiro atoms. The predicted octanol–water partition coefficient (Wildman–Crippen LogP) is 1.05. The fraction of sp³-hybridized carbons (Fsp3) is 0.583. The van der Waals surface area contributed by atoms with Gasteiger partial charge in [-0.05, 0) is 24.7 Å². The second kappa shape index (κ2) is 4.48. The minimum Gasteiger partial charge on any atom is -0.480 e. The highest BCUT2D eigenvalue weighted by atomic mass is 32.1. The summed E-state index contributed by atoms with van der Waals surface area (Å²) in [5.41, 5.74) is 5.78. The molecule has 1 amide bonds. The lowest BCUT2D eigenvalue weighted by molar-refractivity contribution is -0.142. The minimum atomic E-state index is -0.911. The molecule has 2 aliphatic rings. The van der Waals surface area contributed by atoms with E-state index in [0.29, 0.717) is 17.6 Å². The number of hydrogen-bond acceptors (Lipinski definition) is 5. The summed E-state index contributed by atoms with van der Waals surface area (Å²) in [5.74, 6) is -0.806. The quantitative estimate of drug-likeness (QED) is 0.844. The number of fused-ring (bicyclic) bond motifs is 1. The van der Waals surface area contributed by atoms with Crippen LogP contribution in [0, 0.1) is 11.8 Å². The van der Waals surface area contributed by atoms with Gasteiger partial charge in [-0.2, -0.15) is 0 Å². The molecule has 19 heavy (non-hydrogen) atoms. The summed E-state index contributed by atoms with van der Waals surface area (Å²) in [4.78, 5) is 29.2. The van der Waals surface area contributed by atoms with Crippen LogP contribution in [-0.4, -0.2) is 39.5 Å². The lowest BCUT2D eigenvalue weighted by Gasteiger charge is -2.23. The van der Waals surface area contributed by atoms with Crippen LogP contribution in [0.3, 0.4) is 0 Å². The summed E-state index contributed by atoms with van der Waals surface area (Å²) in [6.07, 6.45) is 2.97. The van der Waals surface area contributed by atoms with Gasteiger partial charge in [-0.15, -0.1) is 11.3 Å². The first kappa shape index (κ1) is 12.4. The minimum absolute atomic E-state index is 0.0948. The van der Waals surface area contributed by atoms with Crippen LogP contribution >= 0.6 is 11.3 Å². The van der Waals surface area contributed by atoms with Crippen molar-refractivity contribution in [2.45, 2.75) is 25.3 Å². The lowest BCUT2D eigenvalue weighted by atomic mass is 9.94. The van der Waals surface area contributed by atoms with Crippen molar-refractivity contribution in [2.24, 2.45) is 11.8 Å². The van der Waals surface area contributed by atoms with Gasteiger partial charge >= 0.3 is 5.97 Å². The van der Waals surface area contributed by atoms with Gasteiger partial charge in [-0.25, -0.2) is 9.78 Å². The number of likely N-dealkylation sites (tertiary alicyclic amines) is 1. The van der Waals surface area contributed by atoms with E-state index in [4.69, 9.17) is 5.73 Å². The van der Waals surface area contributed by atoms with Crippen molar-refractivity contribution in [3.05, 3.63) is 11.1 Å². The number of carboxylic acids is 1. The average Bonchev–Trinajstić information content (AvgIpc) is 3.00. The molecule has 2 heterocycles. The van der Waals surface area contributed by atoms with Gasteiger partial charge in [0.25, 0.3) is 5.91 Å². The van der Waals surface area contributed by atoms with E-state index in [-0.39, 0.29) is 17.5 Å². The molecule has 1 aliphatic heterocycles. The zero-order chi connectivity index (χ0) is 13.6. The summed E-state index contributed by atoms with van der Waals surface area (Å²) < 4.78 is 0. The molecule has 2 fully saturated rings. The van der Waals surface area contributed by atoms with Crippen LogP contribution in [0.2, 0.25) is 0 Å². The van der Waals surface area contributed by atoms with Gasteiger partial charge in [0.05, 0.1) is 0 Å². The topological polar surface area (TPSA) is 96.5 Å². The number of carboxylic acid groups (broad SMARTS) is 1. The third kappa shape index (κ3) is 1.98. The van der Waals surface area contributed by atoms with Crippen molar-refractivity contribution in [3.63, 3.8) is 0 Å². The highest BCUT2D eigenvalue weighted by Crippen LogP contribution is 2.42. The van der Waals surface area contributed by atoms with E-state index in [2.05, 4.69) is 4.98 Å². The van der Waals surface area contributed by atoms with E-state index in [9.17, 15) is 14.7 Å². The molecule has 3 N–H and O–H groups in total. The number of aromatic nitrogens is 1. The number of carbonyl (C=O) groups excluding carboxylic acids is 1. The molecule has 0 bridgehead atoms. The van der Waals surface area contributed by atoms with E-state index >= 15 is 0 Å². The van der Waals surface area contributed by atoms with Crippen LogP contribution in [0.15, 0.2) is 5.38 Å². The molecule has 3 rings (SSSR count). The Morgan fingerprint density at radius 2 is 2.26 bits per heavy atom. The molecule has 7 heteroatoms. The van der Waals surface area contributed by atoms with Gasteiger partial charge < -0.3 is 15.7 Å². The average molecular weight is 281 g/mol. The number of anilines is 1. The molecule has 0 radical (unpaired) electrons. The molecule has 1 saturated heterocycles. The standard InChI is InChI=1S/C12H15N3O3S/c13-12-14-8(5-19-12)10(16)15-4-6-2-1-3-7(6)9(15)11(17)18/h5-7,9H,1-4H2,(H2,13,14)(H,17,18). The number of amides is 1. The van der Waals surface area contributed by atoms with Crippen molar-refractivity contribution in [1.82, 2.24) is 9.88 Å². The van der Waals surface area contributed by atoms with Crippen molar-refractivity contribution < 1.29 is 14.7 Å². The molecule has 1 aromatic heterocycles. The molecule has 1 aliphatic carbocycles.